The van der Waals surface area contributed by atoms with Gasteiger partial charge in [0.05, 0.1) is 18.3 Å². The average molecular weight is 350 g/mol. The van der Waals surface area contributed by atoms with Crippen molar-refractivity contribution in [3.05, 3.63) is 58.3 Å². The Balaban J connectivity index is 2.15. The van der Waals surface area contributed by atoms with E-state index in [1.54, 1.807) is 6.20 Å². The van der Waals surface area contributed by atoms with Crippen molar-refractivity contribution in [2.45, 2.75) is 32.4 Å². The molecule has 2 rings (SSSR count). The molecular formula is C16H20BrN3O. The van der Waals surface area contributed by atoms with E-state index in [9.17, 15) is 0 Å². The first kappa shape index (κ1) is 15.9. The fraction of sp³-hybridized carbons (Fsp3) is 0.312. The van der Waals surface area contributed by atoms with E-state index in [2.05, 4.69) is 38.5 Å². The normalized spacial score (nSPS) is 12.4. The van der Waals surface area contributed by atoms with E-state index in [0.29, 0.717) is 0 Å². The molecule has 112 valence electrons. The summed E-state index contributed by atoms with van der Waals surface area (Å²) in [5.74, 6) is 6.47. The van der Waals surface area contributed by atoms with Gasteiger partial charge < -0.3 is 4.74 Å². The van der Waals surface area contributed by atoms with Gasteiger partial charge in [0.15, 0.2) is 0 Å². The highest BCUT2D eigenvalue weighted by molar-refractivity contribution is 9.10. The van der Waals surface area contributed by atoms with Gasteiger partial charge in [-0.15, -0.1) is 0 Å². The van der Waals surface area contributed by atoms with Crippen LogP contribution in [-0.4, -0.2) is 11.1 Å². The van der Waals surface area contributed by atoms with Crippen molar-refractivity contribution in [2.24, 2.45) is 5.84 Å². The number of benzene rings is 1. The molecule has 0 aliphatic heterocycles. The quantitative estimate of drug-likeness (QED) is 0.619. The van der Waals surface area contributed by atoms with Gasteiger partial charge >= 0.3 is 0 Å². The van der Waals surface area contributed by atoms with Crippen molar-refractivity contribution in [3.63, 3.8) is 0 Å². The summed E-state index contributed by atoms with van der Waals surface area (Å²) in [6, 6.07) is 10.2. The van der Waals surface area contributed by atoms with Gasteiger partial charge in [-0.25, -0.2) is 0 Å². The molecule has 1 atom stereocenters. The minimum Gasteiger partial charge on any atom is -0.489 e. The molecule has 0 spiro atoms. The largest absolute Gasteiger partial charge is 0.489 e. The molecule has 0 saturated heterocycles. The summed E-state index contributed by atoms with van der Waals surface area (Å²) in [5, 5.41) is 0. The van der Waals surface area contributed by atoms with Crippen molar-refractivity contribution < 1.29 is 4.74 Å². The van der Waals surface area contributed by atoms with E-state index in [0.717, 1.165) is 22.2 Å². The summed E-state index contributed by atoms with van der Waals surface area (Å²) in [6.07, 6.45) is 4.45. The molecule has 4 nitrogen and oxygen atoms in total. The first-order chi connectivity index (χ1) is 10.1. The van der Waals surface area contributed by atoms with Crippen molar-refractivity contribution in [3.8, 4) is 5.75 Å². The zero-order chi connectivity index (χ0) is 15.2. The topological polar surface area (TPSA) is 60.2 Å². The number of hydrazine groups is 1. The predicted molar refractivity (Wildman–Crippen MR) is 87.9 cm³/mol. The summed E-state index contributed by atoms with van der Waals surface area (Å²) >= 11 is 3.44. The Morgan fingerprint density at radius 3 is 2.57 bits per heavy atom. The Morgan fingerprint density at radius 2 is 1.95 bits per heavy atom. The first-order valence-electron chi connectivity index (χ1n) is 6.90. The second-order valence-corrected chi connectivity index (χ2v) is 6.09. The lowest BCUT2D eigenvalue weighted by Gasteiger charge is -2.18. The van der Waals surface area contributed by atoms with Crippen LogP contribution in [0.4, 0.5) is 0 Å². The van der Waals surface area contributed by atoms with Gasteiger partial charge in [0.25, 0.3) is 0 Å². The molecule has 1 unspecified atom stereocenters. The number of nitrogens with one attached hydrogen (secondary N) is 1. The van der Waals surface area contributed by atoms with E-state index in [4.69, 9.17) is 10.6 Å². The molecule has 5 heteroatoms. The second kappa shape index (κ2) is 7.54. The van der Waals surface area contributed by atoms with Crippen molar-refractivity contribution in [1.29, 1.82) is 0 Å². The Hall–Kier alpha value is -1.43. The van der Waals surface area contributed by atoms with Gasteiger partial charge in [0, 0.05) is 10.7 Å². The summed E-state index contributed by atoms with van der Waals surface area (Å²) < 4.78 is 6.75. The highest BCUT2D eigenvalue weighted by Gasteiger charge is 2.12. The number of nitrogens with zero attached hydrogens (tertiary/aromatic N) is 1. The Morgan fingerprint density at radius 1 is 1.24 bits per heavy atom. The van der Waals surface area contributed by atoms with E-state index < -0.39 is 0 Å². The summed E-state index contributed by atoms with van der Waals surface area (Å²) in [6.45, 7) is 3.99. The maximum Gasteiger partial charge on any atom is 0.138 e. The molecule has 0 saturated carbocycles. The highest BCUT2D eigenvalue weighted by Crippen LogP contribution is 2.22. The van der Waals surface area contributed by atoms with Crippen LogP contribution in [0.1, 0.15) is 31.0 Å². The minimum absolute atomic E-state index is 0.00520. The van der Waals surface area contributed by atoms with Crippen molar-refractivity contribution in [2.75, 3.05) is 0 Å². The molecular weight excluding hydrogens is 330 g/mol. The molecule has 2 aromatic rings. The molecule has 0 aliphatic carbocycles. The molecule has 1 heterocycles. The maximum absolute atomic E-state index is 5.71. The molecule has 3 N–H and O–H groups in total. The van der Waals surface area contributed by atoms with E-state index in [-0.39, 0.29) is 12.1 Å². The van der Waals surface area contributed by atoms with Crippen LogP contribution in [0.25, 0.3) is 0 Å². The molecule has 0 radical (unpaired) electrons. The Kier molecular flexibility index (Phi) is 5.73. The molecule has 1 aromatic heterocycles. The minimum atomic E-state index is -0.00520. The third-order valence-corrected chi connectivity index (χ3v) is 3.59. The molecule has 1 aromatic carbocycles. The number of pyridine rings is 1. The SMILES string of the molecule is CC(C)Oc1cncc(C(Cc2ccc(Br)cc2)NN)c1. The van der Waals surface area contributed by atoms with Gasteiger partial charge in [-0.3, -0.25) is 16.3 Å². The van der Waals surface area contributed by atoms with Crippen LogP contribution in [0.15, 0.2) is 47.2 Å². The molecule has 0 fully saturated rings. The molecule has 21 heavy (non-hydrogen) atoms. The highest BCUT2D eigenvalue weighted by atomic mass is 79.9. The lowest BCUT2D eigenvalue weighted by molar-refractivity contribution is 0.241. The van der Waals surface area contributed by atoms with Crippen LogP contribution in [-0.2, 0) is 6.42 Å². The Labute approximate surface area is 133 Å². The maximum atomic E-state index is 5.71. The number of ether oxygens (including phenoxy) is 1. The van der Waals surface area contributed by atoms with Crippen LogP contribution in [0.5, 0.6) is 5.75 Å². The van der Waals surface area contributed by atoms with E-state index in [1.165, 1.54) is 5.56 Å². The standard InChI is InChI=1S/C16H20BrN3O/c1-11(2)21-15-8-13(9-19-10-15)16(20-18)7-12-3-5-14(17)6-4-12/h3-6,8-11,16,20H,7,18H2,1-2H3. The third kappa shape index (κ3) is 4.81. The number of halogens is 1. The lowest BCUT2D eigenvalue weighted by Crippen LogP contribution is -2.29. The van der Waals surface area contributed by atoms with Gasteiger partial charge in [0.1, 0.15) is 5.75 Å². The molecule has 0 bridgehead atoms. The first-order valence-corrected chi connectivity index (χ1v) is 7.70. The predicted octanol–water partition coefficient (Wildman–Crippen LogP) is 3.38. The van der Waals surface area contributed by atoms with Crippen LogP contribution in [0, 0.1) is 0 Å². The van der Waals surface area contributed by atoms with Crippen molar-refractivity contribution >= 4 is 15.9 Å². The van der Waals surface area contributed by atoms with Gasteiger partial charge in [0.2, 0.25) is 0 Å². The number of hydrogen-bond donors (Lipinski definition) is 2. The summed E-state index contributed by atoms with van der Waals surface area (Å²) in [4.78, 5) is 4.23. The number of nitrogens with two attached hydrogens (primary N) is 1. The van der Waals surface area contributed by atoms with E-state index in [1.807, 2.05) is 38.2 Å². The van der Waals surface area contributed by atoms with Crippen LogP contribution in [0.2, 0.25) is 0 Å². The molecule has 0 amide bonds. The average Bonchev–Trinajstić information content (AvgIpc) is 2.46. The van der Waals surface area contributed by atoms with Crippen LogP contribution < -0.4 is 16.0 Å². The van der Waals surface area contributed by atoms with Crippen LogP contribution >= 0.6 is 15.9 Å². The van der Waals surface area contributed by atoms with Gasteiger partial charge in [-0.1, -0.05) is 28.1 Å². The van der Waals surface area contributed by atoms with E-state index >= 15 is 0 Å². The summed E-state index contributed by atoms with van der Waals surface area (Å²) in [7, 11) is 0. The van der Waals surface area contributed by atoms with Crippen molar-refractivity contribution in [1.82, 2.24) is 10.4 Å². The monoisotopic (exact) mass is 349 g/mol. The zero-order valence-corrected chi connectivity index (χ0v) is 13.8. The smallest absolute Gasteiger partial charge is 0.138 e. The summed E-state index contributed by atoms with van der Waals surface area (Å²) in [5.41, 5.74) is 5.07. The Bertz CT molecular complexity index is 572. The number of rotatable bonds is 6. The second-order valence-electron chi connectivity index (χ2n) is 5.17. The lowest BCUT2D eigenvalue weighted by atomic mass is 10.0. The zero-order valence-electron chi connectivity index (χ0n) is 12.2. The van der Waals surface area contributed by atoms with Gasteiger partial charge in [-0.2, -0.15) is 0 Å². The number of hydrogen-bond acceptors (Lipinski definition) is 4. The fourth-order valence-corrected chi connectivity index (χ4v) is 2.36. The van der Waals surface area contributed by atoms with Gasteiger partial charge in [-0.05, 0) is 49.6 Å². The van der Waals surface area contributed by atoms with Crippen LogP contribution in [0.3, 0.4) is 0 Å². The molecule has 0 aliphatic rings. The fourth-order valence-electron chi connectivity index (χ4n) is 2.09. The third-order valence-electron chi connectivity index (χ3n) is 3.06. The number of aromatic nitrogens is 1.